The Morgan fingerprint density at radius 2 is 0.508 bits per heavy atom. The van der Waals surface area contributed by atoms with Crippen LogP contribution in [0.4, 0.5) is 0 Å². The van der Waals surface area contributed by atoms with Crippen LogP contribution in [0.2, 0.25) is 6.04 Å². The fourth-order valence-electron chi connectivity index (χ4n) is 8.40. The lowest BCUT2D eigenvalue weighted by Crippen LogP contribution is -2.86. The first-order valence-electron chi connectivity index (χ1n) is 21.1. The van der Waals surface area contributed by atoms with Gasteiger partial charge >= 0.3 is 34.2 Å². The zero-order chi connectivity index (χ0) is 40.3. The fourth-order valence-corrected chi connectivity index (χ4v) is 31.4. The summed E-state index contributed by atoms with van der Waals surface area (Å²) in [6.45, 7) is 4.08. The van der Waals surface area contributed by atoms with Crippen LogP contribution in [0.1, 0.15) is 44.9 Å². The van der Waals surface area contributed by atoms with Crippen molar-refractivity contribution in [2.75, 3.05) is 0 Å². The fraction of sp³-hybridized carbons (Fsp3) is 0.157. The van der Waals surface area contributed by atoms with Crippen LogP contribution in [0, 0.1) is 6.92 Å². The van der Waals surface area contributed by atoms with Crippen LogP contribution < -0.4 is 36.3 Å². The van der Waals surface area contributed by atoms with Crippen molar-refractivity contribution in [1.82, 2.24) is 0 Å². The van der Waals surface area contributed by atoms with Gasteiger partial charge in [-0.1, -0.05) is 264 Å². The minimum absolute atomic E-state index is 0.743. The van der Waals surface area contributed by atoms with E-state index in [1.165, 1.54) is 19.3 Å². The van der Waals surface area contributed by atoms with Gasteiger partial charge in [0.25, 0.3) is 0 Å². The summed E-state index contributed by atoms with van der Waals surface area (Å²) in [5, 5.41) is 7.19. The summed E-state index contributed by atoms with van der Waals surface area (Å²) < 4.78 is 33.9. The molecule has 0 atom stereocenters. The van der Waals surface area contributed by atoms with E-state index in [0.717, 1.165) is 68.0 Å². The molecule has 0 aliphatic carbocycles. The smallest absolute Gasteiger partial charge is 0.390 e. The van der Waals surface area contributed by atoms with Gasteiger partial charge in [0.1, 0.15) is 0 Å². The van der Waals surface area contributed by atoms with Gasteiger partial charge in [-0.05, 0) is 42.4 Å². The molecule has 0 spiro atoms. The third kappa shape index (κ3) is 8.64. The highest BCUT2D eigenvalue weighted by molar-refractivity contribution is 7.14. The first-order valence-corrected chi connectivity index (χ1v) is 28.6. The summed E-state index contributed by atoms with van der Waals surface area (Å²) in [6.07, 6.45) is 7.75. The molecular weight excluding hydrogens is 789 g/mol. The summed E-state index contributed by atoms with van der Waals surface area (Å²) in [5.41, 5.74) is 0. The van der Waals surface area contributed by atoms with E-state index < -0.39 is 34.2 Å². The molecule has 59 heavy (non-hydrogen) atoms. The van der Waals surface area contributed by atoms with Crippen LogP contribution in [0.15, 0.2) is 212 Å². The molecule has 0 N–H and O–H groups in total. The van der Waals surface area contributed by atoms with E-state index in [0.29, 0.717) is 0 Å². The highest BCUT2D eigenvalue weighted by Crippen LogP contribution is 2.35. The minimum Gasteiger partial charge on any atom is -0.405 e. The van der Waals surface area contributed by atoms with Crippen molar-refractivity contribution in [2.45, 2.75) is 51.0 Å². The molecule has 0 amide bonds. The average molecular weight is 842 g/mol. The van der Waals surface area contributed by atoms with Crippen LogP contribution in [0.25, 0.3) is 0 Å². The van der Waals surface area contributed by atoms with Crippen molar-refractivity contribution < 1.29 is 16.5 Å². The lowest BCUT2D eigenvalue weighted by Gasteiger charge is -2.53. The van der Waals surface area contributed by atoms with Gasteiger partial charge in [-0.3, -0.25) is 0 Å². The molecular formula is C51H53O4Si4. The maximum atomic E-state index is 8.48. The third-order valence-corrected chi connectivity index (χ3v) is 29.7. The first kappa shape index (κ1) is 41.0. The molecule has 1 radical (unpaired) electrons. The molecule has 4 nitrogen and oxygen atoms in total. The summed E-state index contributed by atoms with van der Waals surface area (Å²) in [7, 11) is -15.0. The van der Waals surface area contributed by atoms with Gasteiger partial charge < -0.3 is 16.5 Å². The second kappa shape index (κ2) is 19.1. The summed E-state index contributed by atoms with van der Waals surface area (Å²) >= 11 is 0. The lowest BCUT2D eigenvalue weighted by molar-refractivity contribution is 0.259. The van der Waals surface area contributed by atoms with Crippen LogP contribution >= 0.6 is 0 Å². The van der Waals surface area contributed by atoms with Gasteiger partial charge in [0.15, 0.2) is 0 Å². The van der Waals surface area contributed by atoms with Crippen molar-refractivity contribution in [3.63, 3.8) is 0 Å². The van der Waals surface area contributed by atoms with Crippen molar-refractivity contribution in [2.24, 2.45) is 0 Å². The van der Waals surface area contributed by atoms with E-state index in [-0.39, 0.29) is 0 Å². The van der Waals surface area contributed by atoms with E-state index >= 15 is 0 Å². The Morgan fingerprint density at radius 3 is 0.797 bits per heavy atom. The van der Waals surface area contributed by atoms with Crippen LogP contribution in [-0.4, -0.2) is 34.2 Å². The molecule has 8 rings (SSSR count). The summed E-state index contributed by atoms with van der Waals surface area (Å²) in [5.74, 6) is 0. The van der Waals surface area contributed by atoms with Gasteiger partial charge in [0.2, 0.25) is 0 Å². The zero-order valence-corrected chi connectivity index (χ0v) is 37.7. The lowest BCUT2D eigenvalue weighted by atomic mass is 10.1. The second-order valence-electron chi connectivity index (χ2n) is 15.3. The topological polar surface area (TPSA) is 36.9 Å². The molecule has 0 aromatic heterocycles. The monoisotopic (exact) mass is 841 g/mol. The minimum atomic E-state index is -3.85. The van der Waals surface area contributed by atoms with E-state index in [9.17, 15) is 0 Å². The molecule has 7 aromatic rings. The van der Waals surface area contributed by atoms with Crippen molar-refractivity contribution >= 4 is 70.6 Å². The van der Waals surface area contributed by atoms with Crippen LogP contribution in [0.3, 0.4) is 0 Å². The first-order chi connectivity index (χ1) is 29.1. The SMILES string of the molecule is [CH2]CCCCCCCC[Si]1(c2ccccc2)O[Si](c2ccccc2)(c2ccccc2)O[Si](c2ccccc2)(c2ccccc2)O[Si](c2ccccc2)(c2ccccc2)O1. The molecule has 1 fully saturated rings. The van der Waals surface area contributed by atoms with E-state index in [1.807, 2.05) is 0 Å². The highest BCUT2D eigenvalue weighted by atomic mass is 28.5. The highest BCUT2D eigenvalue weighted by Gasteiger charge is 2.67. The second-order valence-corrected chi connectivity index (χ2v) is 28.3. The quantitative estimate of drug-likeness (QED) is 0.0783. The molecule has 0 bridgehead atoms. The number of rotatable bonds is 15. The Balaban J connectivity index is 1.48. The molecule has 1 aliphatic rings. The van der Waals surface area contributed by atoms with Gasteiger partial charge in [-0.25, -0.2) is 0 Å². The summed E-state index contributed by atoms with van der Waals surface area (Å²) in [4.78, 5) is 0. The molecule has 0 unspecified atom stereocenters. The average Bonchev–Trinajstić information content (AvgIpc) is 3.31. The number of unbranched alkanes of at least 4 members (excludes halogenated alkanes) is 6. The third-order valence-electron chi connectivity index (χ3n) is 11.3. The Labute approximate surface area is 355 Å². The van der Waals surface area contributed by atoms with E-state index in [1.54, 1.807) is 0 Å². The molecule has 7 aromatic carbocycles. The number of hydrogen-bond acceptors (Lipinski definition) is 4. The largest absolute Gasteiger partial charge is 0.405 e. The van der Waals surface area contributed by atoms with Gasteiger partial charge in [0.05, 0.1) is 0 Å². The predicted octanol–water partition coefficient (Wildman–Crippen LogP) is 7.75. The maximum Gasteiger partial charge on any atom is 0.390 e. The number of hydrogen-bond donors (Lipinski definition) is 0. The summed E-state index contributed by atoms with van der Waals surface area (Å²) in [6, 6.07) is 75.6. The molecule has 0 saturated carbocycles. The Kier molecular flexibility index (Phi) is 13.3. The Bertz CT molecular complexity index is 2090. The standard InChI is InChI=1S/C51H53O4Si4/c1-2-3-4-5-6-7-29-44-56(45-30-15-8-16-31-45)52-57(46-32-17-9-18-33-46,47-34-19-10-20-35-47)54-59(50-40-25-13-26-41-50,51-42-27-14-28-43-51)55-58(53-56,48-36-21-11-22-37-48)49-38-23-12-24-39-49/h8-28,30-43H,1-7,29,44H2. The Morgan fingerprint density at radius 1 is 0.271 bits per heavy atom. The van der Waals surface area contributed by atoms with E-state index in [4.69, 9.17) is 16.5 Å². The normalized spacial score (nSPS) is 16.7. The molecule has 8 heteroatoms. The molecule has 1 heterocycles. The number of benzene rings is 7. The van der Waals surface area contributed by atoms with Crippen LogP contribution in [-0.2, 0) is 16.5 Å². The van der Waals surface area contributed by atoms with Gasteiger partial charge in [-0.2, -0.15) is 0 Å². The van der Waals surface area contributed by atoms with Gasteiger partial charge in [0, 0.05) is 0 Å². The predicted molar refractivity (Wildman–Crippen MR) is 252 cm³/mol. The van der Waals surface area contributed by atoms with Crippen molar-refractivity contribution in [3.8, 4) is 0 Å². The molecule has 297 valence electrons. The molecule has 1 saturated heterocycles. The maximum absolute atomic E-state index is 8.48. The van der Waals surface area contributed by atoms with Gasteiger partial charge in [-0.15, -0.1) is 0 Å². The van der Waals surface area contributed by atoms with Crippen molar-refractivity contribution in [3.05, 3.63) is 219 Å². The van der Waals surface area contributed by atoms with Crippen molar-refractivity contribution in [1.29, 1.82) is 0 Å². The zero-order valence-electron chi connectivity index (χ0n) is 33.7. The Hall–Kier alpha value is -4.75. The molecule has 1 aliphatic heterocycles. The van der Waals surface area contributed by atoms with Crippen LogP contribution in [0.5, 0.6) is 0 Å². The van der Waals surface area contributed by atoms with E-state index in [2.05, 4.69) is 219 Å².